The van der Waals surface area contributed by atoms with Crippen molar-refractivity contribution in [2.24, 2.45) is 0 Å². The third kappa shape index (κ3) is 8.22. The van der Waals surface area contributed by atoms with Crippen LogP contribution in [0.3, 0.4) is 0 Å². The van der Waals surface area contributed by atoms with E-state index < -0.39 is 0 Å². The van der Waals surface area contributed by atoms with E-state index in [1.54, 1.807) is 16.0 Å². The lowest BCUT2D eigenvalue weighted by Gasteiger charge is -2.31. The number of piperidine rings is 1. The average molecular weight is 615 g/mol. The summed E-state index contributed by atoms with van der Waals surface area (Å²) >= 11 is 8.38. The molecule has 230 valence electrons. The number of carbonyl (C=O) groups is 2. The molecule has 0 atom stereocenters. The fourth-order valence-electron chi connectivity index (χ4n) is 4.95. The van der Waals surface area contributed by atoms with Gasteiger partial charge in [0.2, 0.25) is 5.91 Å². The van der Waals surface area contributed by atoms with E-state index in [1.807, 2.05) is 31.7 Å². The van der Waals surface area contributed by atoms with Crippen LogP contribution in [0.25, 0.3) is 11.3 Å². The van der Waals surface area contributed by atoms with Crippen LogP contribution in [0.1, 0.15) is 102 Å². The molecule has 9 heteroatoms. The molecular weight excluding hydrogens is 568 g/mol. The predicted octanol–water partition coefficient (Wildman–Crippen LogP) is 7.71. The number of aryl methyl sites for hydroxylation is 1. The Morgan fingerprint density at radius 1 is 1.00 bits per heavy atom. The number of methoxy groups -OCH3 is 1. The van der Waals surface area contributed by atoms with Crippen LogP contribution in [0.5, 0.6) is 0 Å². The number of thiazole rings is 1. The van der Waals surface area contributed by atoms with Crippen molar-refractivity contribution >= 4 is 34.8 Å². The standard InChI is InChI=1S/C31H41ClN4O3S.C2H6/c1-19-13-24(17-26(38)39-8)34-36(19)18-25(37)35-11-9-20(10-12-35)29-33-27(28(32)40-29)21-14-22(30(2,3)4)16-23(15-21)31(5,6)7;1-2/h13-16,20H,9-12,17-18H2,1-8H3;1-2H3. The third-order valence-electron chi connectivity index (χ3n) is 7.61. The zero-order valence-corrected chi connectivity index (χ0v) is 28.5. The van der Waals surface area contributed by atoms with Gasteiger partial charge in [-0.3, -0.25) is 14.3 Å². The average Bonchev–Trinajstić information content (AvgIpc) is 3.49. The summed E-state index contributed by atoms with van der Waals surface area (Å²) < 4.78 is 7.10. The molecule has 0 aliphatic carbocycles. The summed E-state index contributed by atoms with van der Waals surface area (Å²) in [6.07, 6.45) is 1.78. The van der Waals surface area contributed by atoms with E-state index in [2.05, 4.69) is 64.8 Å². The lowest BCUT2D eigenvalue weighted by atomic mass is 9.79. The van der Waals surface area contributed by atoms with Gasteiger partial charge in [0.25, 0.3) is 0 Å². The number of benzene rings is 1. The first-order chi connectivity index (χ1) is 19.7. The van der Waals surface area contributed by atoms with Crippen LogP contribution in [-0.2, 0) is 38.1 Å². The Bertz CT molecular complexity index is 1360. The highest BCUT2D eigenvalue weighted by Crippen LogP contribution is 2.41. The second-order valence-corrected chi connectivity index (χ2v) is 14.4. The first kappa shape index (κ1) is 33.8. The number of esters is 1. The summed E-state index contributed by atoms with van der Waals surface area (Å²) in [5.41, 5.74) is 5.95. The quantitative estimate of drug-likeness (QED) is 0.266. The molecular formula is C33H47ClN4O3S. The predicted molar refractivity (Wildman–Crippen MR) is 173 cm³/mol. The lowest BCUT2D eigenvalue weighted by molar-refractivity contribution is -0.139. The van der Waals surface area contributed by atoms with Crippen molar-refractivity contribution in [3.8, 4) is 11.3 Å². The molecule has 0 N–H and O–H groups in total. The van der Waals surface area contributed by atoms with Crippen LogP contribution in [0.15, 0.2) is 24.3 Å². The molecule has 3 heterocycles. The van der Waals surface area contributed by atoms with Gasteiger partial charge in [0.15, 0.2) is 0 Å². The largest absolute Gasteiger partial charge is 0.469 e. The van der Waals surface area contributed by atoms with Gasteiger partial charge in [-0.15, -0.1) is 11.3 Å². The summed E-state index contributed by atoms with van der Waals surface area (Å²) in [5.74, 6) is -0.0489. The normalized spacial score (nSPS) is 14.4. The Hall–Kier alpha value is -2.71. The van der Waals surface area contributed by atoms with Crippen LogP contribution in [-0.4, -0.2) is 51.7 Å². The molecule has 0 bridgehead atoms. The molecule has 7 nitrogen and oxygen atoms in total. The maximum absolute atomic E-state index is 13.1. The molecule has 1 saturated heterocycles. The molecule has 0 radical (unpaired) electrons. The monoisotopic (exact) mass is 614 g/mol. The van der Waals surface area contributed by atoms with Crippen LogP contribution in [0, 0.1) is 6.92 Å². The lowest BCUT2D eigenvalue weighted by Crippen LogP contribution is -2.40. The molecule has 1 fully saturated rings. The molecule has 0 spiro atoms. The molecule has 4 rings (SSSR count). The third-order valence-corrected chi connectivity index (χ3v) is 9.02. The van der Waals surface area contributed by atoms with Gasteiger partial charge in [0, 0.05) is 30.3 Å². The van der Waals surface area contributed by atoms with E-state index in [0.717, 1.165) is 39.1 Å². The number of nitrogens with zero attached hydrogens (tertiary/aromatic N) is 4. The summed E-state index contributed by atoms with van der Waals surface area (Å²) in [6, 6.07) is 8.59. The van der Waals surface area contributed by atoms with E-state index >= 15 is 0 Å². The molecule has 1 amide bonds. The Balaban J connectivity index is 0.00000237. The SMILES string of the molecule is CC.COC(=O)Cc1cc(C)n(CC(=O)N2CCC(c3nc(-c4cc(C(C)(C)C)cc(C(C)(C)C)c4)c(Cl)s3)CC2)n1. The van der Waals surface area contributed by atoms with E-state index in [4.69, 9.17) is 21.3 Å². The highest BCUT2D eigenvalue weighted by molar-refractivity contribution is 7.16. The first-order valence-electron chi connectivity index (χ1n) is 14.9. The molecule has 0 saturated carbocycles. The van der Waals surface area contributed by atoms with Crippen LogP contribution in [0.2, 0.25) is 4.34 Å². The van der Waals surface area contributed by atoms with Crippen LogP contribution >= 0.6 is 22.9 Å². The van der Waals surface area contributed by atoms with E-state index in [1.165, 1.54) is 18.2 Å². The zero-order valence-electron chi connectivity index (χ0n) is 26.9. The van der Waals surface area contributed by atoms with Gasteiger partial charge in [0.05, 0.1) is 24.2 Å². The van der Waals surface area contributed by atoms with Gasteiger partial charge in [-0.2, -0.15) is 5.10 Å². The van der Waals surface area contributed by atoms with E-state index in [-0.39, 0.29) is 41.6 Å². The fourth-order valence-corrected chi connectivity index (χ4v) is 6.32. The van der Waals surface area contributed by atoms with Gasteiger partial charge in [-0.1, -0.05) is 73.1 Å². The molecule has 1 aromatic carbocycles. The van der Waals surface area contributed by atoms with Crippen LogP contribution < -0.4 is 0 Å². The minimum atomic E-state index is -0.347. The maximum Gasteiger partial charge on any atom is 0.311 e. The minimum absolute atomic E-state index is 0.0122. The Labute approximate surface area is 260 Å². The highest BCUT2D eigenvalue weighted by atomic mass is 35.5. The fraction of sp³-hybridized carbons (Fsp3) is 0.576. The number of hydrogen-bond acceptors (Lipinski definition) is 6. The number of hydrogen-bond donors (Lipinski definition) is 0. The summed E-state index contributed by atoms with van der Waals surface area (Å²) in [6.45, 7) is 20.8. The smallest absolute Gasteiger partial charge is 0.311 e. The second-order valence-electron chi connectivity index (χ2n) is 12.8. The summed E-state index contributed by atoms with van der Waals surface area (Å²) in [7, 11) is 1.35. The molecule has 1 aliphatic rings. The molecule has 3 aromatic rings. The first-order valence-corrected chi connectivity index (χ1v) is 16.1. The molecule has 0 unspecified atom stereocenters. The zero-order chi connectivity index (χ0) is 31.4. The van der Waals surface area contributed by atoms with Crippen molar-refractivity contribution in [3.63, 3.8) is 0 Å². The molecule has 1 aliphatic heterocycles. The number of ether oxygens (including phenoxy) is 1. The van der Waals surface area contributed by atoms with Gasteiger partial charge in [-0.25, -0.2) is 4.98 Å². The number of carbonyl (C=O) groups excluding carboxylic acids is 2. The minimum Gasteiger partial charge on any atom is -0.469 e. The Morgan fingerprint density at radius 3 is 2.10 bits per heavy atom. The van der Waals surface area contributed by atoms with Gasteiger partial charge < -0.3 is 9.64 Å². The number of amides is 1. The summed E-state index contributed by atoms with van der Waals surface area (Å²) in [5, 5.41) is 5.47. The van der Waals surface area contributed by atoms with E-state index in [9.17, 15) is 9.59 Å². The van der Waals surface area contributed by atoms with Crippen molar-refractivity contribution < 1.29 is 14.3 Å². The highest BCUT2D eigenvalue weighted by Gasteiger charge is 2.28. The number of aromatic nitrogens is 3. The summed E-state index contributed by atoms with van der Waals surface area (Å²) in [4.78, 5) is 31.6. The molecule has 42 heavy (non-hydrogen) atoms. The van der Waals surface area contributed by atoms with Crippen LogP contribution in [0.4, 0.5) is 0 Å². The van der Waals surface area contributed by atoms with Gasteiger partial charge in [-0.05, 0) is 59.9 Å². The number of likely N-dealkylation sites (tertiary alicyclic amines) is 1. The maximum atomic E-state index is 13.1. The number of rotatable bonds is 6. The van der Waals surface area contributed by atoms with E-state index in [0.29, 0.717) is 18.8 Å². The second kappa shape index (κ2) is 13.7. The Kier molecular flexibility index (Phi) is 11.0. The van der Waals surface area contributed by atoms with Crippen molar-refractivity contribution in [2.45, 2.75) is 105 Å². The van der Waals surface area contributed by atoms with Crippen molar-refractivity contribution in [3.05, 3.63) is 56.1 Å². The molecule has 2 aromatic heterocycles. The van der Waals surface area contributed by atoms with Crippen molar-refractivity contribution in [1.29, 1.82) is 0 Å². The van der Waals surface area contributed by atoms with Gasteiger partial charge >= 0.3 is 5.97 Å². The Morgan fingerprint density at radius 2 is 1.57 bits per heavy atom. The topological polar surface area (TPSA) is 77.3 Å². The van der Waals surface area contributed by atoms with Crippen molar-refractivity contribution in [1.82, 2.24) is 19.7 Å². The van der Waals surface area contributed by atoms with Crippen molar-refractivity contribution in [2.75, 3.05) is 20.2 Å². The number of halogens is 1. The van der Waals surface area contributed by atoms with Gasteiger partial charge in [0.1, 0.15) is 16.6 Å².